The summed E-state index contributed by atoms with van der Waals surface area (Å²) in [5, 5.41) is 0. The zero-order chi connectivity index (χ0) is 55.5. The van der Waals surface area contributed by atoms with Crippen LogP contribution in [0.3, 0.4) is 0 Å². The van der Waals surface area contributed by atoms with Crippen molar-refractivity contribution in [1.82, 2.24) is 4.90 Å². The smallest absolute Gasteiger partial charge is 0.306 e. The van der Waals surface area contributed by atoms with Crippen molar-refractivity contribution in [2.45, 2.75) is 355 Å². The standard InChI is InChI=1S/C69H131NO6/c1-7-11-41-50-64(51-42-12-8-2)59-62-74-67(71)56-47-39-35-31-27-23-19-15-17-21-25-29-33-37-45-54-66(76-69(73)58-49-61-70(5)6)55-46-38-34-30-26-22-18-16-20-24-28-32-36-40-48-57-68(72)75-63-60-65(52-43-13-9-3)53-44-14-10-4/h15-16,19-20,64-66H,7-14,17-18,21-63H2,1-6H3/b19-15-,20-16-. The van der Waals surface area contributed by atoms with Crippen molar-refractivity contribution in [2.24, 2.45) is 11.8 Å². The fraction of sp³-hybridized carbons (Fsp3) is 0.899. The summed E-state index contributed by atoms with van der Waals surface area (Å²) in [5.74, 6) is 1.45. The van der Waals surface area contributed by atoms with Crippen molar-refractivity contribution in [3.63, 3.8) is 0 Å². The molecule has 0 unspecified atom stereocenters. The number of unbranched alkanes of at least 4 members (excludes halogenated alkanes) is 30. The molecule has 76 heavy (non-hydrogen) atoms. The highest BCUT2D eigenvalue weighted by molar-refractivity contribution is 5.70. The molecule has 0 aromatic rings. The summed E-state index contributed by atoms with van der Waals surface area (Å²) in [5.41, 5.74) is 0. The lowest BCUT2D eigenvalue weighted by atomic mass is 9.92. The molecule has 0 aromatic heterocycles. The van der Waals surface area contributed by atoms with E-state index in [2.05, 4.69) is 71.0 Å². The van der Waals surface area contributed by atoms with Gasteiger partial charge in [-0.15, -0.1) is 0 Å². The van der Waals surface area contributed by atoms with Gasteiger partial charge in [0.2, 0.25) is 0 Å². The van der Waals surface area contributed by atoms with E-state index in [4.69, 9.17) is 14.2 Å². The molecule has 0 atom stereocenters. The fourth-order valence-electron chi connectivity index (χ4n) is 10.7. The van der Waals surface area contributed by atoms with Gasteiger partial charge in [-0.1, -0.05) is 245 Å². The lowest BCUT2D eigenvalue weighted by Crippen LogP contribution is -2.20. The van der Waals surface area contributed by atoms with Gasteiger partial charge in [-0.25, -0.2) is 0 Å². The number of esters is 3. The van der Waals surface area contributed by atoms with Gasteiger partial charge in [-0.05, 0) is 142 Å². The maximum atomic E-state index is 12.7. The molecule has 0 aliphatic rings. The Kier molecular flexibility index (Phi) is 58.8. The van der Waals surface area contributed by atoms with E-state index in [1.54, 1.807) is 0 Å². The summed E-state index contributed by atoms with van der Waals surface area (Å²) < 4.78 is 17.3. The molecule has 0 radical (unpaired) electrons. The minimum atomic E-state index is -0.00900. The largest absolute Gasteiger partial charge is 0.466 e. The van der Waals surface area contributed by atoms with Gasteiger partial charge in [0, 0.05) is 19.3 Å². The molecule has 0 fully saturated rings. The monoisotopic (exact) mass is 1070 g/mol. The molecule has 0 aliphatic carbocycles. The van der Waals surface area contributed by atoms with E-state index in [1.807, 2.05) is 0 Å². The van der Waals surface area contributed by atoms with Crippen molar-refractivity contribution in [1.29, 1.82) is 0 Å². The van der Waals surface area contributed by atoms with Gasteiger partial charge in [0.1, 0.15) is 6.10 Å². The van der Waals surface area contributed by atoms with E-state index < -0.39 is 0 Å². The molecule has 0 saturated heterocycles. The van der Waals surface area contributed by atoms with E-state index in [9.17, 15) is 14.4 Å². The van der Waals surface area contributed by atoms with Gasteiger partial charge in [0.15, 0.2) is 0 Å². The minimum Gasteiger partial charge on any atom is -0.466 e. The summed E-state index contributed by atoms with van der Waals surface area (Å²) in [6, 6.07) is 0. The number of rotatable bonds is 61. The predicted molar refractivity (Wildman–Crippen MR) is 329 cm³/mol. The second-order valence-electron chi connectivity index (χ2n) is 23.7. The van der Waals surface area contributed by atoms with E-state index in [1.165, 1.54) is 231 Å². The van der Waals surface area contributed by atoms with Gasteiger partial charge in [0.05, 0.1) is 13.2 Å². The Balaban J connectivity index is 3.99. The molecule has 0 amide bonds. The predicted octanol–water partition coefficient (Wildman–Crippen LogP) is 21.5. The summed E-state index contributed by atoms with van der Waals surface area (Å²) in [6.07, 6.45) is 68.4. The Bertz CT molecular complexity index is 1180. The number of allylic oxidation sites excluding steroid dienone is 4. The first-order chi connectivity index (χ1) is 37.2. The molecular formula is C69H131NO6. The molecule has 0 rings (SSSR count). The summed E-state index contributed by atoms with van der Waals surface area (Å²) in [7, 11) is 4.12. The molecule has 0 N–H and O–H groups in total. The molecular weight excluding hydrogens is 939 g/mol. The molecule has 7 nitrogen and oxygen atoms in total. The highest BCUT2D eigenvalue weighted by Gasteiger charge is 2.15. The van der Waals surface area contributed by atoms with E-state index in [0.717, 1.165) is 89.0 Å². The Morgan fingerprint density at radius 3 is 0.947 bits per heavy atom. The first-order valence-corrected chi connectivity index (χ1v) is 33.7. The second kappa shape index (κ2) is 60.5. The first-order valence-electron chi connectivity index (χ1n) is 33.7. The van der Waals surface area contributed by atoms with Crippen LogP contribution >= 0.6 is 0 Å². The number of hydrogen-bond donors (Lipinski definition) is 0. The molecule has 0 bridgehead atoms. The Morgan fingerprint density at radius 2 is 0.618 bits per heavy atom. The van der Waals surface area contributed by atoms with Gasteiger partial charge in [-0.2, -0.15) is 0 Å². The quantitative estimate of drug-likeness (QED) is 0.0260. The summed E-state index contributed by atoms with van der Waals surface area (Å²) >= 11 is 0. The normalized spacial score (nSPS) is 12.0. The summed E-state index contributed by atoms with van der Waals surface area (Å²) in [6.45, 7) is 11.2. The topological polar surface area (TPSA) is 82.1 Å². The highest BCUT2D eigenvalue weighted by atomic mass is 16.5. The number of ether oxygens (including phenoxy) is 3. The summed E-state index contributed by atoms with van der Waals surface area (Å²) in [4.78, 5) is 39.5. The number of carbonyl (C=O) groups is 3. The molecule has 0 heterocycles. The lowest BCUT2D eigenvalue weighted by Gasteiger charge is -2.18. The van der Waals surface area contributed by atoms with Crippen LogP contribution in [-0.4, -0.2) is 62.8 Å². The third-order valence-corrected chi connectivity index (χ3v) is 15.9. The SMILES string of the molecule is CCCCCC(CCCCC)CCOC(=O)CCCCCCC/C=C\CCCCCCCCC(CCCCCCCC/C=C\CCCCCCCC(=O)OCCC(CCCCC)CCCCC)OC(=O)CCCN(C)C. The highest BCUT2D eigenvalue weighted by Crippen LogP contribution is 2.24. The minimum absolute atomic E-state index is 0.00663. The van der Waals surface area contributed by atoms with Gasteiger partial charge < -0.3 is 19.1 Å². The van der Waals surface area contributed by atoms with Crippen LogP contribution in [0.25, 0.3) is 0 Å². The second-order valence-corrected chi connectivity index (χ2v) is 23.7. The van der Waals surface area contributed by atoms with Crippen molar-refractivity contribution < 1.29 is 28.6 Å². The lowest BCUT2D eigenvalue weighted by molar-refractivity contribution is -0.150. The maximum absolute atomic E-state index is 12.7. The Morgan fingerprint density at radius 1 is 0.329 bits per heavy atom. The van der Waals surface area contributed by atoms with Crippen LogP contribution < -0.4 is 0 Å². The number of hydrogen-bond acceptors (Lipinski definition) is 7. The average Bonchev–Trinajstić information content (AvgIpc) is 3.40. The molecule has 448 valence electrons. The van der Waals surface area contributed by atoms with Crippen LogP contribution in [0.5, 0.6) is 0 Å². The van der Waals surface area contributed by atoms with Gasteiger partial charge in [-0.3, -0.25) is 14.4 Å². The van der Waals surface area contributed by atoms with Crippen molar-refractivity contribution in [3.8, 4) is 0 Å². The third-order valence-electron chi connectivity index (χ3n) is 15.9. The van der Waals surface area contributed by atoms with Crippen LogP contribution in [0.15, 0.2) is 24.3 Å². The molecule has 0 aliphatic heterocycles. The zero-order valence-corrected chi connectivity index (χ0v) is 51.9. The van der Waals surface area contributed by atoms with E-state index >= 15 is 0 Å². The zero-order valence-electron chi connectivity index (χ0n) is 51.9. The van der Waals surface area contributed by atoms with E-state index in [-0.39, 0.29) is 24.0 Å². The number of nitrogens with zero attached hydrogens (tertiary/aromatic N) is 1. The maximum Gasteiger partial charge on any atom is 0.306 e. The molecule has 7 heteroatoms. The van der Waals surface area contributed by atoms with Crippen LogP contribution in [0.2, 0.25) is 0 Å². The van der Waals surface area contributed by atoms with Crippen LogP contribution in [0.4, 0.5) is 0 Å². The first kappa shape index (κ1) is 73.8. The van der Waals surface area contributed by atoms with Crippen molar-refractivity contribution >= 4 is 17.9 Å². The van der Waals surface area contributed by atoms with Crippen LogP contribution in [-0.2, 0) is 28.6 Å². The van der Waals surface area contributed by atoms with Gasteiger partial charge in [0.25, 0.3) is 0 Å². The molecule has 0 spiro atoms. The van der Waals surface area contributed by atoms with Crippen molar-refractivity contribution in [2.75, 3.05) is 33.9 Å². The van der Waals surface area contributed by atoms with Crippen LogP contribution in [0.1, 0.15) is 349 Å². The Hall–Kier alpha value is -2.15. The molecule has 0 aromatic carbocycles. The molecule has 0 saturated carbocycles. The fourth-order valence-corrected chi connectivity index (χ4v) is 10.7. The van der Waals surface area contributed by atoms with Crippen LogP contribution in [0, 0.1) is 11.8 Å². The number of carbonyl (C=O) groups excluding carboxylic acids is 3. The van der Waals surface area contributed by atoms with Crippen molar-refractivity contribution in [3.05, 3.63) is 24.3 Å². The average molecular weight is 1070 g/mol. The Labute approximate surface area is 474 Å². The van der Waals surface area contributed by atoms with Gasteiger partial charge >= 0.3 is 17.9 Å². The van der Waals surface area contributed by atoms with E-state index in [0.29, 0.717) is 32.5 Å². The third kappa shape index (κ3) is 56.6.